The number of benzene rings is 2. The Bertz CT molecular complexity index is 1100. The first-order chi connectivity index (χ1) is 17.2. The predicted octanol–water partition coefficient (Wildman–Crippen LogP) is 5.31. The van der Waals surface area contributed by atoms with E-state index in [1.165, 1.54) is 10.9 Å². The maximum Gasteiger partial charge on any atom is 0.410 e. The lowest BCUT2D eigenvalue weighted by atomic mass is 9.97. The molecular formula is C28H37BrN2O5. The molecule has 1 aliphatic carbocycles. The smallest absolute Gasteiger partial charge is 0.410 e. The number of hydrogen-bond donors (Lipinski definition) is 0. The highest BCUT2D eigenvalue weighted by Gasteiger charge is 2.39. The van der Waals surface area contributed by atoms with Gasteiger partial charge in [-0.15, -0.1) is 0 Å². The second-order valence-corrected chi connectivity index (χ2v) is 11.4. The molecule has 1 atom stereocenters. The molecule has 2 aliphatic rings. The Kier molecular flexibility index (Phi) is 8.58. The number of amides is 2. The van der Waals surface area contributed by atoms with Crippen LogP contribution in [0.4, 0.5) is 4.79 Å². The van der Waals surface area contributed by atoms with E-state index in [1.807, 2.05) is 31.7 Å². The van der Waals surface area contributed by atoms with Crippen LogP contribution >= 0.6 is 15.9 Å². The Labute approximate surface area is 222 Å². The van der Waals surface area contributed by atoms with Gasteiger partial charge in [0.15, 0.2) is 6.10 Å². The second kappa shape index (κ2) is 11.5. The van der Waals surface area contributed by atoms with Gasteiger partial charge in [0.05, 0.1) is 13.2 Å². The molecule has 1 aliphatic heterocycles. The van der Waals surface area contributed by atoms with Crippen molar-refractivity contribution in [2.75, 3.05) is 33.4 Å². The molecule has 196 valence electrons. The lowest BCUT2D eigenvalue weighted by Gasteiger charge is -2.36. The lowest BCUT2D eigenvalue weighted by molar-refractivity contribution is -0.150. The summed E-state index contributed by atoms with van der Waals surface area (Å²) in [6.45, 7) is 7.67. The zero-order valence-electron chi connectivity index (χ0n) is 21.7. The molecule has 8 heteroatoms. The molecule has 0 N–H and O–H groups in total. The second-order valence-electron chi connectivity index (χ2n) is 10.6. The molecule has 2 aromatic rings. The summed E-state index contributed by atoms with van der Waals surface area (Å²) in [4.78, 5) is 29.8. The third-order valence-electron chi connectivity index (χ3n) is 6.54. The van der Waals surface area contributed by atoms with Crippen molar-refractivity contribution in [1.29, 1.82) is 0 Å². The summed E-state index contributed by atoms with van der Waals surface area (Å²) in [5, 5.41) is 2.37. The number of ether oxygens (including phenoxy) is 3. The highest BCUT2D eigenvalue weighted by Crippen LogP contribution is 2.35. The van der Waals surface area contributed by atoms with Gasteiger partial charge in [-0.3, -0.25) is 4.79 Å². The Hall–Kier alpha value is -2.16. The average molecular weight is 562 g/mol. The fourth-order valence-corrected chi connectivity index (χ4v) is 5.23. The molecule has 0 spiro atoms. The van der Waals surface area contributed by atoms with Crippen LogP contribution < -0.4 is 0 Å². The van der Waals surface area contributed by atoms with Crippen molar-refractivity contribution in [2.24, 2.45) is 0 Å². The number of halogens is 1. The summed E-state index contributed by atoms with van der Waals surface area (Å²) in [7, 11) is 1.72. The van der Waals surface area contributed by atoms with Crippen LogP contribution in [0.15, 0.2) is 34.8 Å². The van der Waals surface area contributed by atoms with Gasteiger partial charge < -0.3 is 24.0 Å². The lowest BCUT2D eigenvalue weighted by Crippen LogP contribution is -2.53. The molecule has 0 aromatic heterocycles. The van der Waals surface area contributed by atoms with Crippen molar-refractivity contribution < 1.29 is 23.8 Å². The number of carbonyl (C=O) groups is 2. The molecular weight excluding hydrogens is 524 g/mol. The third-order valence-corrected chi connectivity index (χ3v) is 7.48. The molecule has 2 fully saturated rings. The molecule has 0 bridgehead atoms. The van der Waals surface area contributed by atoms with Gasteiger partial charge in [-0.1, -0.05) is 30.3 Å². The van der Waals surface area contributed by atoms with E-state index in [1.54, 1.807) is 12.0 Å². The van der Waals surface area contributed by atoms with Gasteiger partial charge in [0.1, 0.15) is 5.60 Å². The van der Waals surface area contributed by atoms with Crippen molar-refractivity contribution in [2.45, 2.75) is 70.7 Å². The van der Waals surface area contributed by atoms with E-state index >= 15 is 0 Å². The number of nitrogens with zero attached hydrogens (tertiary/aromatic N) is 2. The standard InChI is InChI=1S/C28H37BrN2O5/c1-28(2,3)36-27(33)30-13-15-35-24(18-30)26(32)31(21-11-12-21)17-20-16-19(8-7-14-34-4)22-9-5-6-10-23(22)25(20)29/h5-6,9-10,16,21,24H,7-8,11-15,17-18H2,1-4H3/t24-/m1/s1. The van der Waals surface area contributed by atoms with Crippen molar-refractivity contribution in [3.8, 4) is 0 Å². The van der Waals surface area contributed by atoms with E-state index in [2.05, 4.69) is 40.2 Å². The largest absolute Gasteiger partial charge is 0.444 e. The van der Waals surface area contributed by atoms with Crippen LogP contribution in [0.3, 0.4) is 0 Å². The van der Waals surface area contributed by atoms with E-state index in [0.29, 0.717) is 26.3 Å². The van der Waals surface area contributed by atoms with Gasteiger partial charge in [0.2, 0.25) is 0 Å². The minimum absolute atomic E-state index is 0.0632. The van der Waals surface area contributed by atoms with Crippen LogP contribution in [-0.2, 0) is 32.0 Å². The van der Waals surface area contributed by atoms with Gasteiger partial charge in [-0.2, -0.15) is 0 Å². The molecule has 2 amide bonds. The molecule has 36 heavy (non-hydrogen) atoms. The number of rotatable bonds is 8. The molecule has 0 radical (unpaired) electrons. The monoisotopic (exact) mass is 560 g/mol. The molecule has 4 rings (SSSR count). The van der Waals surface area contributed by atoms with E-state index in [4.69, 9.17) is 14.2 Å². The van der Waals surface area contributed by atoms with E-state index in [-0.39, 0.29) is 18.5 Å². The van der Waals surface area contributed by atoms with Gasteiger partial charge >= 0.3 is 6.09 Å². The van der Waals surface area contributed by atoms with Crippen LogP contribution in [0.1, 0.15) is 51.2 Å². The fourth-order valence-electron chi connectivity index (χ4n) is 4.64. The number of methoxy groups -OCH3 is 1. The van der Waals surface area contributed by atoms with Crippen LogP contribution in [0, 0.1) is 0 Å². The maximum absolute atomic E-state index is 13.7. The molecule has 2 aromatic carbocycles. The highest BCUT2D eigenvalue weighted by molar-refractivity contribution is 9.10. The molecule has 1 heterocycles. The Morgan fingerprint density at radius 3 is 2.56 bits per heavy atom. The summed E-state index contributed by atoms with van der Waals surface area (Å²) < 4.78 is 17.7. The first kappa shape index (κ1) is 26.9. The fraction of sp³-hybridized carbons (Fsp3) is 0.571. The number of morpholine rings is 1. The number of fused-ring (bicyclic) bond motifs is 1. The SMILES string of the molecule is COCCCc1cc(CN(C(=O)[C@H]2CN(C(=O)OC(C)(C)C)CCO2)C2CC2)c(Br)c2ccccc12. The maximum atomic E-state index is 13.7. The highest BCUT2D eigenvalue weighted by atomic mass is 79.9. The molecule has 7 nitrogen and oxygen atoms in total. The van der Waals surface area contributed by atoms with Gasteiger partial charge in [-0.25, -0.2) is 4.79 Å². The topological polar surface area (TPSA) is 68.3 Å². The number of hydrogen-bond acceptors (Lipinski definition) is 5. The predicted molar refractivity (Wildman–Crippen MR) is 143 cm³/mol. The molecule has 0 unspecified atom stereocenters. The summed E-state index contributed by atoms with van der Waals surface area (Å²) in [5.74, 6) is -0.0632. The Morgan fingerprint density at radius 2 is 1.89 bits per heavy atom. The Balaban J connectivity index is 1.54. The van der Waals surface area contributed by atoms with Crippen LogP contribution in [0.5, 0.6) is 0 Å². The Morgan fingerprint density at radius 1 is 1.17 bits per heavy atom. The normalized spacial score (nSPS) is 18.4. The van der Waals surface area contributed by atoms with Crippen molar-refractivity contribution >= 4 is 38.7 Å². The van der Waals surface area contributed by atoms with Crippen molar-refractivity contribution in [3.05, 3.63) is 45.9 Å². The van der Waals surface area contributed by atoms with Gasteiger partial charge in [-0.05, 0) is 84.3 Å². The van der Waals surface area contributed by atoms with Crippen LogP contribution in [-0.4, -0.2) is 73.0 Å². The van der Waals surface area contributed by atoms with Gasteiger partial charge in [0.25, 0.3) is 5.91 Å². The number of aryl methyl sites for hydroxylation is 1. The summed E-state index contributed by atoms with van der Waals surface area (Å²) in [6, 6.07) is 10.8. The van der Waals surface area contributed by atoms with Gasteiger partial charge in [0, 0.05) is 37.3 Å². The van der Waals surface area contributed by atoms with E-state index in [0.717, 1.165) is 41.1 Å². The molecule has 1 saturated carbocycles. The first-order valence-corrected chi connectivity index (χ1v) is 13.5. The minimum Gasteiger partial charge on any atom is -0.444 e. The zero-order valence-corrected chi connectivity index (χ0v) is 23.3. The first-order valence-electron chi connectivity index (χ1n) is 12.8. The van der Waals surface area contributed by atoms with Crippen LogP contribution in [0.25, 0.3) is 10.8 Å². The quantitative estimate of drug-likeness (QED) is 0.409. The van der Waals surface area contributed by atoms with E-state index in [9.17, 15) is 9.59 Å². The summed E-state index contributed by atoms with van der Waals surface area (Å²) >= 11 is 3.83. The van der Waals surface area contributed by atoms with Crippen molar-refractivity contribution in [3.63, 3.8) is 0 Å². The molecule has 1 saturated heterocycles. The summed E-state index contributed by atoms with van der Waals surface area (Å²) in [6.07, 6.45) is 2.72. The average Bonchev–Trinajstić information content (AvgIpc) is 3.69. The van der Waals surface area contributed by atoms with Crippen LogP contribution in [0.2, 0.25) is 0 Å². The minimum atomic E-state index is -0.688. The van der Waals surface area contributed by atoms with E-state index < -0.39 is 17.8 Å². The number of carbonyl (C=O) groups excluding carboxylic acids is 2. The third kappa shape index (κ3) is 6.58. The zero-order chi connectivity index (χ0) is 25.9. The van der Waals surface area contributed by atoms with Crippen molar-refractivity contribution in [1.82, 2.24) is 9.80 Å². The summed E-state index contributed by atoms with van der Waals surface area (Å²) in [5.41, 5.74) is 1.76.